The molecule has 0 aliphatic carbocycles. The minimum atomic E-state index is -3.57. The fourth-order valence-corrected chi connectivity index (χ4v) is 4.58. The van der Waals surface area contributed by atoms with Gasteiger partial charge < -0.3 is 0 Å². The Kier molecular flexibility index (Phi) is 4.08. The molecule has 0 fully saturated rings. The SMILES string of the molecule is CC(=O)c1ccc(S(=O)(=O)N2Cc3ccccc3CC2C)cc1. The van der Waals surface area contributed by atoms with Crippen LogP contribution in [0.3, 0.4) is 0 Å². The predicted molar refractivity (Wildman–Crippen MR) is 88.8 cm³/mol. The third kappa shape index (κ3) is 2.94. The lowest BCUT2D eigenvalue weighted by Crippen LogP contribution is -2.42. The lowest BCUT2D eigenvalue weighted by atomic mass is 9.97. The minimum absolute atomic E-state index is 0.0748. The molecule has 1 atom stereocenters. The molecule has 4 nitrogen and oxygen atoms in total. The number of carbonyl (C=O) groups excluding carboxylic acids is 1. The van der Waals surface area contributed by atoms with E-state index >= 15 is 0 Å². The molecule has 1 unspecified atom stereocenters. The van der Waals surface area contributed by atoms with Crippen LogP contribution in [0.15, 0.2) is 53.4 Å². The van der Waals surface area contributed by atoms with Crippen molar-refractivity contribution >= 4 is 15.8 Å². The Morgan fingerprint density at radius 2 is 1.65 bits per heavy atom. The Morgan fingerprint density at radius 3 is 2.26 bits per heavy atom. The molecule has 0 amide bonds. The summed E-state index contributed by atoms with van der Waals surface area (Å²) in [6.45, 7) is 3.78. The highest BCUT2D eigenvalue weighted by atomic mass is 32.2. The van der Waals surface area contributed by atoms with E-state index in [-0.39, 0.29) is 16.7 Å². The number of rotatable bonds is 3. The number of Topliss-reactive ketones (excluding diaryl/α,β-unsaturated/α-hetero) is 1. The molecule has 0 bridgehead atoms. The second-order valence-corrected chi connectivity index (χ2v) is 7.84. The smallest absolute Gasteiger partial charge is 0.243 e. The molecule has 0 spiro atoms. The van der Waals surface area contributed by atoms with E-state index < -0.39 is 10.0 Å². The molecule has 0 radical (unpaired) electrons. The fraction of sp³-hybridized carbons (Fsp3) is 0.278. The summed E-state index contributed by atoms with van der Waals surface area (Å²) in [6.07, 6.45) is 0.709. The molecule has 0 saturated carbocycles. The summed E-state index contributed by atoms with van der Waals surface area (Å²) in [5.74, 6) is -0.0748. The summed E-state index contributed by atoms with van der Waals surface area (Å²) in [4.78, 5) is 11.6. The second kappa shape index (κ2) is 5.91. The highest BCUT2D eigenvalue weighted by Crippen LogP contribution is 2.28. The summed E-state index contributed by atoms with van der Waals surface area (Å²) in [5, 5.41) is 0. The number of nitrogens with zero attached hydrogens (tertiary/aromatic N) is 1. The van der Waals surface area contributed by atoms with E-state index in [9.17, 15) is 13.2 Å². The first-order valence-corrected chi connectivity index (χ1v) is 9.03. The summed E-state index contributed by atoms with van der Waals surface area (Å²) in [5.41, 5.74) is 2.77. The van der Waals surface area contributed by atoms with E-state index in [0.717, 1.165) is 5.56 Å². The Morgan fingerprint density at radius 1 is 1.04 bits per heavy atom. The minimum Gasteiger partial charge on any atom is -0.295 e. The van der Waals surface area contributed by atoms with Crippen molar-refractivity contribution in [1.82, 2.24) is 4.31 Å². The van der Waals surface area contributed by atoms with Crippen LogP contribution in [0.25, 0.3) is 0 Å². The van der Waals surface area contributed by atoms with E-state index in [4.69, 9.17) is 0 Å². The standard InChI is InChI=1S/C18H19NO3S/c1-13-11-16-5-3-4-6-17(16)12-19(13)23(21,22)18-9-7-15(8-10-18)14(2)20/h3-10,13H,11-12H2,1-2H3. The van der Waals surface area contributed by atoms with Crippen LogP contribution >= 0.6 is 0 Å². The van der Waals surface area contributed by atoms with Crippen LogP contribution in [-0.4, -0.2) is 24.5 Å². The molecular weight excluding hydrogens is 310 g/mol. The van der Waals surface area contributed by atoms with Crippen LogP contribution in [0, 0.1) is 0 Å². The average Bonchev–Trinajstić information content (AvgIpc) is 2.54. The van der Waals surface area contributed by atoms with Crippen molar-refractivity contribution in [1.29, 1.82) is 0 Å². The topological polar surface area (TPSA) is 54.5 Å². The molecule has 2 aromatic carbocycles. The molecular formula is C18H19NO3S. The Balaban J connectivity index is 1.95. The van der Waals surface area contributed by atoms with Crippen molar-refractivity contribution in [3.05, 3.63) is 65.2 Å². The van der Waals surface area contributed by atoms with Gasteiger partial charge in [0.1, 0.15) is 0 Å². The van der Waals surface area contributed by atoms with Gasteiger partial charge in [0, 0.05) is 18.2 Å². The number of hydrogen-bond donors (Lipinski definition) is 0. The summed E-state index contributed by atoms with van der Waals surface area (Å²) >= 11 is 0. The van der Waals surface area contributed by atoms with Crippen molar-refractivity contribution in [3.8, 4) is 0 Å². The maximum Gasteiger partial charge on any atom is 0.243 e. The van der Waals surface area contributed by atoms with Gasteiger partial charge in [-0.15, -0.1) is 0 Å². The third-order valence-electron chi connectivity index (χ3n) is 4.32. The van der Waals surface area contributed by atoms with Gasteiger partial charge in [-0.05, 0) is 43.5 Å². The number of ketones is 1. The molecule has 2 aromatic rings. The summed E-state index contributed by atoms with van der Waals surface area (Å²) < 4.78 is 27.4. The van der Waals surface area contributed by atoms with E-state index in [2.05, 4.69) is 6.07 Å². The molecule has 0 aromatic heterocycles. The quantitative estimate of drug-likeness (QED) is 0.813. The zero-order valence-corrected chi connectivity index (χ0v) is 14.0. The molecule has 120 valence electrons. The number of fused-ring (bicyclic) bond motifs is 1. The van der Waals surface area contributed by atoms with Gasteiger partial charge in [0.15, 0.2) is 5.78 Å². The number of hydrogen-bond acceptors (Lipinski definition) is 3. The first-order chi connectivity index (χ1) is 10.9. The van der Waals surface area contributed by atoms with Crippen molar-refractivity contribution in [3.63, 3.8) is 0 Å². The van der Waals surface area contributed by atoms with Gasteiger partial charge in [0.05, 0.1) is 4.90 Å². The van der Waals surface area contributed by atoms with Gasteiger partial charge in [0.2, 0.25) is 10.0 Å². The molecule has 23 heavy (non-hydrogen) atoms. The fourth-order valence-electron chi connectivity index (χ4n) is 2.97. The zero-order chi connectivity index (χ0) is 16.6. The molecule has 1 aliphatic rings. The van der Waals surface area contributed by atoms with Crippen molar-refractivity contribution in [2.45, 2.75) is 37.8 Å². The Bertz CT molecular complexity index is 841. The first kappa shape index (κ1) is 15.9. The largest absolute Gasteiger partial charge is 0.295 e. The molecule has 0 N–H and O–H groups in total. The molecule has 3 rings (SSSR count). The van der Waals surface area contributed by atoms with E-state index in [1.54, 1.807) is 12.1 Å². The van der Waals surface area contributed by atoms with Crippen molar-refractivity contribution < 1.29 is 13.2 Å². The summed E-state index contributed by atoms with van der Waals surface area (Å²) in [7, 11) is -3.57. The predicted octanol–water partition coefficient (Wildman–Crippen LogP) is 3.02. The van der Waals surface area contributed by atoms with Gasteiger partial charge in [-0.1, -0.05) is 36.4 Å². The van der Waals surface area contributed by atoms with Gasteiger partial charge in [-0.25, -0.2) is 8.42 Å². The van der Waals surface area contributed by atoms with Crippen LogP contribution in [0.4, 0.5) is 0 Å². The second-order valence-electron chi connectivity index (χ2n) is 5.95. The third-order valence-corrected chi connectivity index (χ3v) is 6.29. The maximum atomic E-state index is 12.9. The van der Waals surface area contributed by atoms with Crippen LogP contribution in [0.2, 0.25) is 0 Å². The highest BCUT2D eigenvalue weighted by molar-refractivity contribution is 7.89. The van der Waals surface area contributed by atoms with Crippen molar-refractivity contribution in [2.75, 3.05) is 0 Å². The van der Waals surface area contributed by atoms with Crippen LogP contribution in [0.1, 0.15) is 35.3 Å². The van der Waals surface area contributed by atoms with E-state index in [0.29, 0.717) is 18.5 Å². The normalized spacial score (nSPS) is 18.4. The van der Waals surface area contributed by atoms with E-state index in [1.165, 1.54) is 28.9 Å². The van der Waals surface area contributed by atoms with Gasteiger partial charge in [-0.2, -0.15) is 4.31 Å². The van der Waals surface area contributed by atoms with Gasteiger partial charge in [-0.3, -0.25) is 4.79 Å². The van der Waals surface area contributed by atoms with Gasteiger partial charge >= 0.3 is 0 Å². The van der Waals surface area contributed by atoms with E-state index in [1.807, 2.05) is 25.1 Å². The van der Waals surface area contributed by atoms with Crippen LogP contribution < -0.4 is 0 Å². The van der Waals surface area contributed by atoms with Crippen molar-refractivity contribution in [2.24, 2.45) is 0 Å². The van der Waals surface area contributed by atoms with Gasteiger partial charge in [0.25, 0.3) is 0 Å². The summed E-state index contributed by atoms with van der Waals surface area (Å²) in [6, 6.07) is 14.0. The molecule has 0 saturated heterocycles. The van der Waals surface area contributed by atoms with Crippen LogP contribution in [-0.2, 0) is 23.0 Å². The monoisotopic (exact) mass is 329 g/mol. The van der Waals surface area contributed by atoms with Crippen LogP contribution in [0.5, 0.6) is 0 Å². The average molecular weight is 329 g/mol. The Labute approximate surface area is 136 Å². The molecule has 1 aliphatic heterocycles. The number of carbonyl (C=O) groups is 1. The lowest BCUT2D eigenvalue weighted by Gasteiger charge is -2.33. The molecule has 1 heterocycles. The number of sulfonamides is 1. The molecule has 5 heteroatoms. The zero-order valence-electron chi connectivity index (χ0n) is 13.2. The highest BCUT2D eigenvalue weighted by Gasteiger charge is 2.33. The Hall–Kier alpha value is -1.98. The maximum absolute atomic E-state index is 12.9. The number of benzene rings is 2. The lowest BCUT2D eigenvalue weighted by molar-refractivity contribution is 0.101. The first-order valence-electron chi connectivity index (χ1n) is 7.59.